The van der Waals surface area contributed by atoms with Crippen LogP contribution in [0.15, 0.2) is 24.4 Å². The number of benzene rings is 1. The normalized spacial score (nSPS) is 25.8. The Bertz CT molecular complexity index is 802. The maximum atomic E-state index is 12.5. The highest BCUT2D eigenvalue weighted by molar-refractivity contribution is 5.85. The van der Waals surface area contributed by atoms with Crippen LogP contribution in [0.5, 0.6) is 5.75 Å². The van der Waals surface area contributed by atoms with Gasteiger partial charge in [-0.05, 0) is 61.8 Å². The van der Waals surface area contributed by atoms with Crippen LogP contribution in [-0.2, 0) is 9.53 Å². The van der Waals surface area contributed by atoms with Crippen LogP contribution < -0.4 is 10.1 Å². The zero-order valence-electron chi connectivity index (χ0n) is 15.0. The van der Waals surface area contributed by atoms with E-state index in [1.165, 1.54) is 0 Å². The molecule has 2 heterocycles. The number of aromatic nitrogens is 1. The van der Waals surface area contributed by atoms with Gasteiger partial charge in [-0.1, -0.05) is 6.42 Å². The molecule has 3 atom stereocenters. The highest BCUT2D eigenvalue weighted by Gasteiger charge is 2.30. The van der Waals surface area contributed by atoms with E-state index in [4.69, 9.17) is 4.74 Å². The molecule has 1 amide bonds. The average Bonchev–Trinajstić information content (AvgIpc) is 3.31. The molecule has 1 aromatic heterocycles. The number of fused-ring (bicyclic) bond motifs is 1. The van der Waals surface area contributed by atoms with Gasteiger partial charge in [0.1, 0.15) is 11.9 Å². The molecule has 146 valence electrons. The first-order valence-corrected chi connectivity index (χ1v) is 9.58. The summed E-state index contributed by atoms with van der Waals surface area (Å²) in [5, 5.41) is 4.05. The molecule has 0 radical (unpaired) electrons. The standard InChI is InChI=1S/C20H24F2N2O3/c21-20(22)27-14-6-7-17-15(10-14)16(11-23-17)12-3-1-4-13(9-12)24-19(25)18-5-2-8-26-18/h6-7,10-13,18,20,23H,1-5,8-9H2,(H,24,25)/t12-,13+,18+/m1/s1. The number of carbonyl (C=O) groups excluding carboxylic acids is 1. The molecule has 0 spiro atoms. The van der Waals surface area contributed by atoms with Crippen molar-refractivity contribution in [2.45, 2.75) is 63.2 Å². The summed E-state index contributed by atoms with van der Waals surface area (Å²) in [6, 6.07) is 5.09. The summed E-state index contributed by atoms with van der Waals surface area (Å²) >= 11 is 0. The van der Waals surface area contributed by atoms with Crippen LogP contribution in [0.1, 0.15) is 50.0 Å². The molecule has 1 saturated heterocycles. The summed E-state index contributed by atoms with van der Waals surface area (Å²) in [7, 11) is 0. The molecule has 2 fully saturated rings. The van der Waals surface area contributed by atoms with Crippen molar-refractivity contribution in [1.29, 1.82) is 0 Å². The van der Waals surface area contributed by atoms with Gasteiger partial charge in [-0.3, -0.25) is 4.79 Å². The van der Waals surface area contributed by atoms with Gasteiger partial charge in [-0.25, -0.2) is 0 Å². The number of aromatic amines is 1. The van der Waals surface area contributed by atoms with Crippen molar-refractivity contribution in [3.8, 4) is 5.75 Å². The van der Waals surface area contributed by atoms with Gasteiger partial charge in [-0.15, -0.1) is 0 Å². The van der Waals surface area contributed by atoms with Crippen molar-refractivity contribution in [3.05, 3.63) is 30.0 Å². The van der Waals surface area contributed by atoms with Gasteiger partial charge < -0.3 is 19.8 Å². The number of hydrogen-bond donors (Lipinski definition) is 2. The first-order chi connectivity index (χ1) is 13.1. The number of carbonyl (C=O) groups is 1. The summed E-state index contributed by atoms with van der Waals surface area (Å²) in [6.45, 7) is -2.18. The number of hydrogen-bond acceptors (Lipinski definition) is 3. The lowest BCUT2D eigenvalue weighted by atomic mass is 9.81. The third kappa shape index (κ3) is 4.08. The van der Waals surface area contributed by atoms with Crippen molar-refractivity contribution in [1.82, 2.24) is 10.3 Å². The fraction of sp³-hybridized carbons (Fsp3) is 0.550. The highest BCUT2D eigenvalue weighted by Crippen LogP contribution is 2.38. The van der Waals surface area contributed by atoms with E-state index in [0.29, 0.717) is 6.61 Å². The fourth-order valence-electron chi connectivity index (χ4n) is 4.32. The summed E-state index contributed by atoms with van der Waals surface area (Å²) < 4.78 is 35.1. The second kappa shape index (κ2) is 7.84. The number of alkyl halides is 2. The van der Waals surface area contributed by atoms with Crippen LogP contribution in [0.3, 0.4) is 0 Å². The second-order valence-electron chi connectivity index (χ2n) is 7.40. The van der Waals surface area contributed by atoms with E-state index in [1.54, 1.807) is 18.2 Å². The minimum Gasteiger partial charge on any atom is -0.435 e. The number of halogens is 2. The Labute approximate surface area is 156 Å². The molecule has 7 heteroatoms. The number of H-pyrrole nitrogens is 1. The summed E-state index contributed by atoms with van der Waals surface area (Å²) in [4.78, 5) is 15.6. The summed E-state index contributed by atoms with van der Waals surface area (Å²) in [5.41, 5.74) is 2.00. The van der Waals surface area contributed by atoms with Crippen molar-refractivity contribution >= 4 is 16.8 Å². The van der Waals surface area contributed by atoms with Crippen LogP contribution >= 0.6 is 0 Å². The largest absolute Gasteiger partial charge is 0.435 e. The van der Waals surface area contributed by atoms with Crippen molar-refractivity contribution in [2.75, 3.05) is 6.61 Å². The Balaban J connectivity index is 1.48. The van der Waals surface area contributed by atoms with Gasteiger partial charge in [0.2, 0.25) is 5.91 Å². The van der Waals surface area contributed by atoms with Crippen LogP contribution in [0.25, 0.3) is 10.9 Å². The lowest BCUT2D eigenvalue weighted by Crippen LogP contribution is -2.43. The maximum Gasteiger partial charge on any atom is 0.387 e. The van der Waals surface area contributed by atoms with Gasteiger partial charge in [-0.2, -0.15) is 8.78 Å². The van der Waals surface area contributed by atoms with Crippen LogP contribution in [0, 0.1) is 0 Å². The zero-order chi connectivity index (χ0) is 18.8. The quantitative estimate of drug-likeness (QED) is 0.824. The molecule has 2 aliphatic rings. The van der Waals surface area contributed by atoms with Gasteiger partial charge in [0.25, 0.3) is 0 Å². The molecule has 1 aromatic carbocycles. The third-order valence-electron chi connectivity index (χ3n) is 5.59. The van der Waals surface area contributed by atoms with E-state index in [9.17, 15) is 13.6 Å². The summed E-state index contributed by atoms with van der Waals surface area (Å²) in [5.74, 6) is 0.422. The van der Waals surface area contributed by atoms with Crippen LogP contribution in [-0.4, -0.2) is 36.3 Å². The lowest BCUT2D eigenvalue weighted by molar-refractivity contribution is -0.131. The zero-order valence-corrected chi connectivity index (χ0v) is 15.0. The molecule has 4 rings (SSSR count). The molecule has 1 saturated carbocycles. The second-order valence-corrected chi connectivity index (χ2v) is 7.40. The Hall–Kier alpha value is -2.15. The van der Waals surface area contributed by atoms with Crippen molar-refractivity contribution < 1.29 is 23.0 Å². The molecule has 1 aliphatic carbocycles. The Morgan fingerprint density at radius 2 is 2.15 bits per heavy atom. The Morgan fingerprint density at radius 1 is 1.26 bits per heavy atom. The van der Waals surface area contributed by atoms with Crippen molar-refractivity contribution in [3.63, 3.8) is 0 Å². The molecule has 2 N–H and O–H groups in total. The Morgan fingerprint density at radius 3 is 2.93 bits per heavy atom. The first kappa shape index (κ1) is 18.2. The molecule has 0 bridgehead atoms. The van der Waals surface area contributed by atoms with Gasteiger partial charge >= 0.3 is 6.61 Å². The SMILES string of the molecule is O=C(N[C@H]1CCC[C@@H](c2c[nH]c3ccc(OC(F)F)cc23)C1)[C@@H]1CCCO1. The number of nitrogens with one attached hydrogen (secondary N) is 2. The molecule has 2 aromatic rings. The predicted octanol–water partition coefficient (Wildman–Crippen LogP) is 4.09. The average molecular weight is 378 g/mol. The third-order valence-corrected chi connectivity index (χ3v) is 5.59. The van der Waals surface area contributed by atoms with E-state index in [2.05, 4.69) is 15.0 Å². The molecular formula is C20H24F2N2O3. The van der Waals surface area contributed by atoms with Gasteiger partial charge in [0, 0.05) is 29.7 Å². The topological polar surface area (TPSA) is 63.4 Å². The van der Waals surface area contributed by atoms with Gasteiger partial charge in [0.15, 0.2) is 0 Å². The highest BCUT2D eigenvalue weighted by atomic mass is 19.3. The van der Waals surface area contributed by atoms with E-state index in [0.717, 1.165) is 55.0 Å². The molecule has 5 nitrogen and oxygen atoms in total. The van der Waals surface area contributed by atoms with Crippen molar-refractivity contribution in [2.24, 2.45) is 0 Å². The van der Waals surface area contributed by atoms with Crippen LogP contribution in [0.4, 0.5) is 8.78 Å². The van der Waals surface area contributed by atoms with Gasteiger partial charge in [0.05, 0.1) is 0 Å². The smallest absolute Gasteiger partial charge is 0.387 e. The molecular weight excluding hydrogens is 354 g/mol. The number of rotatable bonds is 5. The maximum absolute atomic E-state index is 12.5. The monoisotopic (exact) mass is 378 g/mol. The van der Waals surface area contributed by atoms with E-state index < -0.39 is 6.61 Å². The predicted molar refractivity (Wildman–Crippen MR) is 97.0 cm³/mol. The van der Waals surface area contributed by atoms with E-state index in [-0.39, 0.29) is 29.7 Å². The minimum absolute atomic E-state index is 0.00954. The Kier molecular flexibility index (Phi) is 5.29. The summed E-state index contributed by atoms with van der Waals surface area (Å²) in [6.07, 6.45) is 7.18. The first-order valence-electron chi connectivity index (χ1n) is 9.58. The minimum atomic E-state index is -2.84. The molecule has 1 aliphatic heterocycles. The van der Waals surface area contributed by atoms with Crippen LogP contribution in [0.2, 0.25) is 0 Å². The van der Waals surface area contributed by atoms with E-state index in [1.807, 2.05) is 6.20 Å². The lowest BCUT2D eigenvalue weighted by Gasteiger charge is -2.30. The fourth-order valence-corrected chi connectivity index (χ4v) is 4.32. The number of amides is 1. The number of ether oxygens (including phenoxy) is 2. The van der Waals surface area contributed by atoms with E-state index >= 15 is 0 Å². The molecule has 0 unspecified atom stereocenters. The molecule has 27 heavy (non-hydrogen) atoms.